The molecule has 5 nitrogen and oxygen atoms in total. The molecule has 178 valence electrons. The number of aromatic nitrogens is 1. The minimum absolute atomic E-state index is 0.0118. The molecular weight excluding hydrogens is 570 g/mol. The molecule has 3 aromatic carbocycles. The minimum atomic E-state index is -0.226. The van der Waals surface area contributed by atoms with Gasteiger partial charge in [0.2, 0.25) is 0 Å². The predicted octanol–water partition coefficient (Wildman–Crippen LogP) is 6.52. The summed E-state index contributed by atoms with van der Waals surface area (Å²) in [7, 11) is 0. The van der Waals surface area contributed by atoms with Crippen LogP contribution in [0.5, 0.6) is 0 Å². The summed E-state index contributed by atoms with van der Waals surface area (Å²) < 4.78 is 1.89. The molecule has 3 unspecified atom stereocenters. The van der Waals surface area contributed by atoms with Crippen molar-refractivity contribution in [1.29, 1.82) is 0 Å². The quantitative estimate of drug-likeness (QED) is 0.284. The maximum Gasteiger partial charge on any atom is 0.254 e. The number of nitrogens with one attached hydrogen (secondary N) is 2. The van der Waals surface area contributed by atoms with Gasteiger partial charge < -0.3 is 15.2 Å². The Morgan fingerprint density at radius 2 is 1.86 bits per heavy atom. The highest BCUT2D eigenvalue weighted by Crippen LogP contribution is 2.54. The van der Waals surface area contributed by atoms with Crippen molar-refractivity contribution in [2.75, 3.05) is 6.54 Å². The van der Waals surface area contributed by atoms with Gasteiger partial charge in [0.15, 0.2) is 0 Å². The SMILES string of the molecule is CC1(C)C(NC(=O)c2c[nH]c3cccc(Br)c23)C2CCN(C(=O)c3ccc4ccc(Br)cc4c3)C21. The second-order valence-corrected chi connectivity index (χ2v) is 12.0. The first-order chi connectivity index (χ1) is 16.8. The fourth-order valence-corrected chi connectivity index (χ4v) is 7.27. The van der Waals surface area contributed by atoms with Crippen LogP contribution in [0.3, 0.4) is 0 Å². The lowest BCUT2D eigenvalue weighted by Crippen LogP contribution is -2.70. The number of nitrogens with zero attached hydrogens (tertiary/aromatic N) is 1. The van der Waals surface area contributed by atoms with Gasteiger partial charge in [-0.05, 0) is 53.6 Å². The summed E-state index contributed by atoms with van der Waals surface area (Å²) in [5.41, 5.74) is 2.05. The third-order valence-electron chi connectivity index (χ3n) is 7.93. The Bertz CT molecular complexity index is 1510. The Labute approximate surface area is 220 Å². The monoisotopic (exact) mass is 593 g/mol. The molecule has 0 radical (unpaired) electrons. The number of amides is 2. The number of aromatic amines is 1. The lowest BCUT2D eigenvalue weighted by Gasteiger charge is -2.57. The van der Waals surface area contributed by atoms with E-state index in [4.69, 9.17) is 0 Å². The van der Waals surface area contributed by atoms with Crippen molar-refractivity contribution in [3.63, 3.8) is 0 Å². The summed E-state index contributed by atoms with van der Waals surface area (Å²) in [6.45, 7) is 5.03. The van der Waals surface area contributed by atoms with Gasteiger partial charge in [0.05, 0.1) is 5.56 Å². The van der Waals surface area contributed by atoms with Crippen molar-refractivity contribution in [2.24, 2.45) is 11.3 Å². The summed E-state index contributed by atoms with van der Waals surface area (Å²) in [4.78, 5) is 32.1. The summed E-state index contributed by atoms with van der Waals surface area (Å²) in [5, 5.41) is 6.36. The number of hydrogen-bond donors (Lipinski definition) is 2. The van der Waals surface area contributed by atoms with Crippen molar-refractivity contribution < 1.29 is 9.59 Å². The molecule has 2 fully saturated rings. The van der Waals surface area contributed by atoms with Crippen LogP contribution in [0.15, 0.2) is 69.7 Å². The molecular formula is C28H25Br2N3O2. The lowest BCUT2D eigenvalue weighted by molar-refractivity contribution is -0.0395. The zero-order chi connectivity index (χ0) is 24.5. The number of likely N-dealkylation sites (tertiary alicyclic amines) is 1. The Balaban J connectivity index is 1.23. The van der Waals surface area contributed by atoms with E-state index in [1.165, 1.54) is 0 Å². The van der Waals surface area contributed by atoms with E-state index in [1.54, 1.807) is 6.20 Å². The molecule has 2 heterocycles. The summed E-state index contributed by atoms with van der Waals surface area (Å²) in [6.07, 6.45) is 2.66. The Morgan fingerprint density at radius 1 is 1.06 bits per heavy atom. The largest absolute Gasteiger partial charge is 0.360 e. The topological polar surface area (TPSA) is 65.2 Å². The molecule has 3 atom stereocenters. The van der Waals surface area contributed by atoms with E-state index in [1.807, 2.05) is 59.5 Å². The molecule has 6 rings (SSSR count). The smallest absolute Gasteiger partial charge is 0.254 e. The van der Waals surface area contributed by atoms with Gasteiger partial charge in [0, 0.05) is 61.6 Å². The van der Waals surface area contributed by atoms with Crippen LogP contribution in [0.25, 0.3) is 21.7 Å². The number of halogens is 2. The van der Waals surface area contributed by atoms with Gasteiger partial charge in [-0.25, -0.2) is 0 Å². The summed E-state index contributed by atoms with van der Waals surface area (Å²) in [5.74, 6) is 0.239. The highest BCUT2D eigenvalue weighted by Gasteiger charge is 2.62. The van der Waals surface area contributed by atoms with E-state index >= 15 is 0 Å². The van der Waals surface area contributed by atoms with Gasteiger partial charge in [-0.3, -0.25) is 9.59 Å². The van der Waals surface area contributed by atoms with Crippen molar-refractivity contribution in [1.82, 2.24) is 15.2 Å². The first-order valence-corrected chi connectivity index (χ1v) is 13.4. The molecule has 7 heteroatoms. The van der Waals surface area contributed by atoms with E-state index in [-0.39, 0.29) is 35.2 Å². The van der Waals surface area contributed by atoms with Gasteiger partial charge in [-0.2, -0.15) is 0 Å². The predicted molar refractivity (Wildman–Crippen MR) is 146 cm³/mol. The van der Waals surface area contributed by atoms with Crippen LogP contribution in [-0.4, -0.2) is 40.3 Å². The Morgan fingerprint density at radius 3 is 2.69 bits per heavy atom. The number of carbonyl (C=O) groups excluding carboxylic acids is 2. The third-order valence-corrected chi connectivity index (χ3v) is 9.09. The van der Waals surface area contributed by atoms with E-state index in [0.29, 0.717) is 17.7 Å². The minimum Gasteiger partial charge on any atom is -0.360 e. The first kappa shape index (κ1) is 22.8. The maximum atomic E-state index is 13.6. The van der Waals surface area contributed by atoms with Crippen molar-refractivity contribution in [3.05, 3.63) is 80.9 Å². The normalized spacial score (nSPS) is 22.7. The van der Waals surface area contributed by atoms with E-state index in [2.05, 4.69) is 56.0 Å². The second-order valence-electron chi connectivity index (χ2n) is 10.2. The van der Waals surface area contributed by atoms with Gasteiger partial charge in [-0.15, -0.1) is 0 Å². The molecule has 0 spiro atoms. The molecule has 4 aromatic rings. The zero-order valence-electron chi connectivity index (χ0n) is 19.4. The van der Waals surface area contributed by atoms with E-state index in [0.717, 1.165) is 37.0 Å². The Hall–Kier alpha value is -2.64. The number of carbonyl (C=O) groups is 2. The zero-order valence-corrected chi connectivity index (χ0v) is 22.6. The molecule has 1 aliphatic heterocycles. The molecule has 2 amide bonds. The molecule has 1 saturated heterocycles. The standard InChI is InChI=1S/C28H25Br2N3O2/c1-28(2)24(32-26(34)20-14-31-22-5-3-4-21(30)23(20)22)19-10-11-33(25(19)28)27(35)16-7-6-15-8-9-18(29)13-17(15)12-16/h3-9,12-14,19,24-25,31H,10-11H2,1-2H3,(H,32,34). The molecule has 2 N–H and O–H groups in total. The average molecular weight is 595 g/mol. The fourth-order valence-electron chi connectivity index (χ4n) is 6.31. The van der Waals surface area contributed by atoms with Crippen LogP contribution in [-0.2, 0) is 0 Å². The van der Waals surface area contributed by atoms with Gasteiger partial charge in [0.25, 0.3) is 11.8 Å². The highest BCUT2D eigenvalue weighted by molar-refractivity contribution is 9.11. The van der Waals surface area contributed by atoms with E-state index < -0.39 is 0 Å². The maximum absolute atomic E-state index is 13.6. The highest BCUT2D eigenvalue weighted by atomic mass is 79.9. The van der Waals surface area contributed by atoms with Gasteiger partial charge in [0.1, 0.15) is 0 Å². The average Bonchev–Trinajstić information content (AvgIpc) is 3.46. The van der Waals surface area contributed by atoms with Crippen molar-refractivity contribution in [2.45, 2.75) is 32.4 Å². The van der Waals surface area contributed by atoms with Crippen molar-refractivity contribution in [3.8, 4) is 0 Å². The number of benzene rings is 3. The van der Waals surface area contributed by atoms with Gasteiger partial charge in [-0.1, -0.05) is 63.9 Å². The van der Waals surface area contributed by atoms with Gasteiger partial charge >= 0.3 is 0 Å². The molecule has 0 bridgehead atoms. The van der Waals surface area contributed by atoms with E-state index in [9.17, 15) is 9.59 Å². The summed E-state index contributed by atoms with van der Waals surface area (Å²) in [6, 6.07) is 18.0. The van der Waals surface area contributed by atoms with Crippen LogP contribution < -0.4 is 5.32 Å². The first-order valence-electron chi connectivity index (χ1n) is 11.8. The molecule has 35 heavy (non-hydrogen) atoms. The van der Waals surface area contributed by atoms with Crippen molar-refractivity contribution >= 4 is 65.3 Å². The fraction of sp³-hybridized carbons (Fsp3) is 0.286. The Kier molecular flexibility index (Phi) is 5.34. The third kappa shape index (κ3) is 3.54. The number of rotatable bonds is 3. The molecule has 1 aliphatic carbocycles. The van der Waals surface area contributed by atoms with Crippen LogP contribution in [0.1, 0.15) is 41.0 Å². The van der Waals surface area contributed by atoms with Crippen LogP contribution in [0, 0.1) is 11.3 Å². The van der Waals surface area contributed by atoms with Crippen LogP contribution in [0.4, 0.5) is 0 Å². The second kappa shape index (κ2) is 8.20. The number of H-pyrrole nitrogens is 1. The summed E-state index contributed by atoms with van der Waals surface area (Å²) >= 11 is 7.10. The number of fused-ring (bicyclic) bond motifs is 3. The lowest BCUT2D eigenvalue weighted by atomic mass is 9.56. The molecule has 2 aliphatic rings. The number of hydrogen-bond acceptors (Lipinski definition) is 2. The molecule has 1 aromatic heterocycles. The van der Waals surface area contributed by atoms with Crippen LogP contribution >= 0.6 is 31.9 Å². The molecule has 1 saturated carbocycles. The van der Waals surface area contributed by atoms with Crippen LogP contribution in [0.2, 0.25) is 0 Å².